The van der Waals surface area contributed by atoms with Crippen molar-refractivity contribution in [3.05, 3.63) is 82.0 Å². The van der Waals surface area contributed by atoms with Crippen molar-refractivity contribution in [2.45, 2.75) is 25.8 Å². The molecular weight excluding hydrogens is 579 g/mol. The van der Waals surface area contributed by atoms with Gasteiger partial charge in [0.05, 0.1) is 12.2 Å². The van der Waals surface area contributed by atoms with Gasteiger partial charge in [0.15, 0.2) is 0 Å². The van der Waals surface area contributed by atoms with Gasteiger partial charge < -0.3 is 23.7 Å². The summed E-state index contributed by atoms with van der Waals surface area (Å²) in [6.45, 7) is 0.330. The Labute approximate surface area is 232 Å². The average Bonchev–Trinajstić information content (AvgIpc) is 3.34. The summed E-state index contributed by atoms with van der Waals surface area (Å²) in [5.74, 6) is 0.0172. The molecule has 0 saturated carbocycles. The SMILES string of the molecule is COCCOc1ccc(CNC(=O)OS(=O)(=O)N2Cc3ccccc3C2)c(Oc2ncc(C(F)(F)F)cc2Cl)c1. The fourth-order valence-corrected chi connectivity index (χ4v) is 4.83. The first-order chi connectivity index (χ1) is 19.0. The van der Waals surface area contributed by atoms with Gasteiger partial charge in [-0.05, 0) is 29.3 Å². The molecule has 0 bridgehead atoms. The first-order valence-corrected chi connectivity index (χ1v) is 13.4. The summed E-state index contributed by atoms with van der Waals surface area (Å²) in [7, 11) is -2.90. The lowest BCUT2D eigenvalue weighted by atomic mass is 10.1. The Bertz CT molecular complexity index is 1460. The van der Waals surface area contributed by atoms with Crippen LogP contribution in [-0.2, 0) is 45.0 Å². The van der Waals surface area contributed by atoms with E-state index in [2.05, 4.69) is 10.3 Å². The molecule has 214 valence electrons. The summed E-state index contributed by atoms with van der Waals surface area (Å²) in [6, 6.07) is 12.3. The van der Waals surface area contributed by atoms with Gasteiger partial charge in [-0.2, -0.15) is 25.9 Å². The van der Waals surface area contributed by atoms with Gasteiger partial charge in [0.2, 0.25) is 5.88 Å². The van der Waals surface area contributed by atoms with E-state index >= 15 is 0 Å². The summed E-state index contributed by atoms with van der Waals surface area (Å²) in [5, 5.41) is 1.93. The Morgan fingerprint density at radius 1 is 1.10 bits per heavy atom. The number of aromatic nitrogens is 1. The molecule has 15 heteroatoms. The van der Waals surface area contributed by atoms with Crippen LogP contribution in [0.1, 0.15) is 22.3 Å². The van der Waals surface area contributed by atoms with E-state index in [-0.39, 0.29) is 44.5 Å². The van der Waals surface area contributed by atoms with E-state index in [1.54, 1.807) is 30.3 Å². The topological polar surface area (TPSA) is 116 Å². The third kappa shape index (κ3) is 7.33. The highest BCUT2D eigenvalue weighted by Gasteiger charge is 2.33. The number of rotatable bonds is 10. The fourth-order valence-electron chi connectivity index (χ4n) is 3.67. The van der Waals surface area contributed by atoms with Crippen LogP contribution in [0.15, 0.2) is 54.7 Å². The molecule has 1 aliphatic heterocycles. The number of alkyl halides is 3. The summed E-state index contributed by atoms with van der Waals surface area (Å²) in [6.07, 6.45) is -5.33. The lowest BCUT2D eigenvalue weighted by molar-refractivity contribution is -0.137. The molecule has 1 aliphatic rings. The molecule has 2 heterocycles. The Kier molecular flexibility index (Phi) is 9.03. The molecular formula is C25H23ClF3N3O7S. The lowest BCUT2D eigenvalue weighted by Crippen LogP contribution is -2.34. The van der Waals surface area contributed by atoms with Crippen molar-refractivity contribution in [3.63, 3.8) is 0 Å². The first kappa shape index (κ1) is 29.4. The quantitative estimate of drug-likeness (QED) is 0.321. The second-order valence-electron chi connectivity index (χ2n) is 8.44. The number of amides is 1. The standard InChI is InChI=1S/C25H23ClF3N3O7S/c1-36-8-9-37-20-7-6-16(22(11-20)38-23-21(26)10-19(13-30-23)25(27,28)29)12-31-24(33)39-40(34,35)32-14-17-4-2-3-5-18(17)15-32/h2-7,10-11,13H,8-9,12,14-15H2,1H3,(H,31,33). The number of nitrogens with zero attached hydrogens (tertiary/aromatic N) is 2. The van der Waals surface area contributed by atoms with Gasteiger partial charge in [0.25, 0.3) is 0 Å². The number of carbonyl (C=O) groups excluding carboxylic acids is 1. The van der Waals surface area contributed by atoms with Crippen LogP contribution in [0.3, 0.4) is 0 Å². The average molecular weight is 602 g/mol. The monoisotopic (exact) mass is 601 g/mol. The van der Waals surface area contributed by atoms with E-state index < -0.39 is 33.2 Å². The molecule has 0 radical (unpaired) electrons. The number of carbonyl (C=O) groups is 1. The van der Waals surface area contributed by atoms with Crippen LogP contribution < -0.4 is 14.8 Å². The largest absolute Gasteiger partial charge is 0.491 e. The molecule has 1 aromatic heterocycles. The molecule has 0 unspecified atom stereocenters. The summed E-state index contributed by atoms with van der Waals surface area (Å²) < 4.78 is 86.1. The maximum atomic E-state index is 13.0. The smallest absolute Gasteiger partial charge is 0.423 e. The van der Waals surface area contributed by atoms with E-state index in [1.165, 1.54) is 19.2 Å². The molecule has 0 atom stereocenters. The third-order valence-corrected chi connectivity index (χ3v) is 7.19. The summed E-state index contributed by atoms with van der Waals surface area (Å²) >= 11 is 5.98. The lowest BCUT2D eigenvalue weighted by Gasteiger charge is -2.16. The van der Waals surface area contributed by atoms with Crippen molar-refractivity contribution in [2.24, 2.45) is 0 Å². The van der Waals surface area contributed by atoms with Crippen molar-refractivity contribution in [2.75, 3.05) is 20.3 Å². The van der Waals surface area contributed by atoms with Gasteiger partial charge in [-0.25, -0.2) is 9.78 Å². The van der Waals surface area contributed by atoms with E-state index in [4.69, 9.17) is 30.0 Å². The van der Waals surface area contributed by atoms with Gasteiger partial charge in [0.1, 0.15) is 23.1 Å². The van der Waals surface area contributed by atoms with Crippen LogP contribution in [0, 0.1) is 0 Å². The molecule has 4 rings (SSSR count). The normalized spacial score (nSPS) is 13.5. The predicted octanol–water partition coefficient (Wildman–Crippen LogP) is 5.06. The van der Waals surface area contributed by atoms with Crippen LogP contribution >= 0.6 is 11.6 Å². The molecule has 0 fully saturated rings. The highest BCUT2D eigenvalue weighted by atomic mass is 35.5. The van der Waals surface area contributed by atoms with Crippen molar-refractivity contribution >= 4 is 28.0 Å². The zero-order valence-corrected chi connectivity index (χ0v) is 22.5. The number of nitrogens with one attached hydrogen (secondary N) is 1. The maximum absolute atomic E-state index is 13.0. The summed E-state index contributed by atoms with van der Waals surface area (Å²) in [5.41, 5.74) is 0.841. The molecule has 0 spiro atoms. The number of pyridine rings is 1. The third-order valence-electron chi connectivity index (χ3n) is 5.67. The fraction of sp³-hybridized carbons (Fsp3) is 0.280. The van der Waals surface area contributed by atoms with Gasteiger partial charge in [-0.1, -0.05) is 35.9 Å². The Morgan fingerprint density at radius 2 is 1.80 bits per heavy atom. The van der Waals surface area contributed by atoms with Crippen LogP contribution in [-0.4, -0.2) is 44.1 Å². The van der Waals surface area contributed by atoms with Crippen molar-refractivity contribution in [3.8, 4) is 17.4 Å². The minimum Gasteiger partial charge on any atom is -0.491 e. The number of ether oxygens (including phenoxy) is 3. The van der Waals surface area contributed by atoms with E-state index in [1.807, 2.05) is 0 Å². The Hall–Kier alpha value is -3.59. The van der Waals surface area contributed by atoms with Crippen LogP contribution in [0.4, 0.5) is 18.0 Å². The van der Waals surface area contributed by atoms with E-state index in [9.17, 15) is 26.4 Å². The Morgan fingerprint density at radius 3 is 2.42 bits per heavy atom. The number of hydrogen-bond donors (Lipinski definition) is 1. The number of halogens is 4. The van der Waals surface area contributed by atoms with E-state index in [0.717, 1.165) is 15.4 Å². The molecule has 0 aliphatic carbocycles. The second-order valence-corrected chi connectivity index (χ2v) is 10.4. The van der Waals surface area contributed by atoms with Crippen LogP contribution in [0.5, 0.6) is 17.4 Å². The molecule has 2 aromatic carbocycles. The molecule has 3 aromatic rings. The van der Waals surface area contributed by atoms with Crippen molar-refractivity contribution in [1.29, 1.82) is 0 Å². The predicted molar refractivity (Wildman–Crippen MR) is 136 cm³/mol. The molecule has 10 nitrogen and oxygen atoms in total. The van der Waals surface area contributed by atoms with Crippen LogP contribution in [0.25, 0.3) is 0 Å². The Balaban J connectivity index is 1.47. The number of methoxy groups -OCH3 is 1. The first-order valence-electron chi connectivity index (χ1n) is 11.7. The molecule has 0 saturated heterocycles. The molecule has 1 amide bonds. The molecule has 40 heavy (non-hydrogen) atoms. The van der Waals surface area contributed by atoms with Gasteiger partial charge in [-0.15, -0.1) is 0 Å². The highest BCUT2D eigenvalue weighted by Crippen LogP contribution is 2.36. The number of hydrogen-bond acceptors (Lipinski definition) is 8. The van der Waals surface area contributed by atoms with Gasteiger partial charge in [-0.3, -0.25) is 0 Å². The number of benzene rings is 2. The molecule has 1 N–H and O–H groups in total. The van der Waals surface area contributed by atoms with Crippen molar-refractivity contribution < 1.29 is 44.8 Å². The summed E-state index contributed by atoms with van der Waals surface area (Å²) in [4.78, 5) is 16.1. The minimum atomic E-state index is -4.65. The minimum absolute atomic E-state index is 0.0298. The second kappa shape index (κ2) is 12.3. The van der Waals surface area contributed by atoms with Crippen molar-refractivity contribution in [1.82, 2.24) is 14.6 Å². The number of fused-ring (bicyclic) bond motifs is 1. The van der Waals surface area contributed by atoms with Gasteiger partial charge in [0, 0.05) is 44.6 Å². The maximum Gasteiger partial charge on any atom is 0.423 e. The van der Waals surface area contributed by atoms with E-state index in [0.29, 0.717) is 23.6 Å². The van der Waals surface area contributed by atoms with Gasteiger partial charge >= 0.3 is 22.6 Å². The highest BCUT2D eigenvalue weighted by molar-refractivity contribution is 7.84. The zero-order valence-electron chi connectivity index (χ0n) is 20.9. The van der Waals surface area contributed by atoms with Crippen LogP contribution in [0.2, 0.25) is 5.02 Å². The zero-order chi connectivity index (χ0) is 28.9.